The van der Waals surface area contributed by atoms with Gasteiger partial charge in [0.05, 0.1) is 0 Å². The van der Waals surface area contributed by atoms with E-state index in [9.17, 15) is 4.79 Å². The molecule has 0 aliphatic rings. The molecule has 0 saturated carbocycles. The second-order valence-electron chi connectivity index (χ2n) is 4.80. The molecule has 0 spiro atoms. The van der Waals surface area contributed by atoms with Gasteiger partial charge in [0.1, 0.15) is 10.9 Å². The molecule has 0 aliphatic heterocycles. The third kappa shape index (κ3) is 4.93. The summed E-state index contributed by atoms with van der Waals surface area (Å²) in [4.78, 5) is 15.7. The molecule has 0 radical (unpaired) electrons. The van der Waals surface area contributed by atoms with Crippen LogP contribution >= 0.6 is 15.9 Å². The molecule has 0 saturated heterocycles. The Morgan fingerprint density at radius 1 is 1.10 bits per heavy atom. The number of rotatable bonds is 8. The molecule has 106 valence electrons. The maximum absolute atomic E-state index is 11.7. The molecular formula is C16H18BrNO2. The number of ketones is 1. The number of hydrogen-bond donors (Lipinski definition) is 0. The first-order chi connectivity index (χ1) is 9.75. The van der Waals surface area contributed by atoms with Crippen molar-refractivity contribution in [2.75, 3.05) is 0 Å². The normalized spacial score (nSPS) is 10.7. The SMILES string of the molecule is O=C(CCCCCCc1ccccc1)c1nc(Br)co1. The first-order valence-corrected chi connectivity index (χ1v) is 7.73. The second kappa shape index (κ2) is 8.00. The highest BCUT2D eigenvalue weighted by molar-refractivity contribution is 9.10. The molecular weight excluding hydrogens is 318 g/mol. The van der Waals surface area contributed by atoms with Crippen LogP contribution in [0.15, 0.2) is 45.6 Å². The van der Waals surface area contributed by atoms with Crippen LogP contribution in [0.1, 0.15) is 48.4 Å². The highest BCUT2D eigenvalue weighted by Gasteiger charge is 2.11. The summed E-state index contributed by atoms with van der Waals surface area (Å²) in [6.07, 6.45) is 7.35. The van der Waals surface area contributed by atoms with Crippen molar-refractivity contribution in [3.05, 3.63) is 52.7 Å². The lowest BCUT2D eigenvalue weighted by Gasteiger charge is -2.01. The molecule has 4 heteroatoms. The van der Waals surface area contributed by atoms with Gasteiger partial charge in [-0.05, 0) is 40.8 Å². The number of halogens is 1. The molecule has 2 rings (SSSR count). The molecule has 0 fully saturated rings. The van der Waals surface area contributed by atoms with E-state index in [2.05, 4.69) is 45.2 Å². The molecule has 1 aromatic heterocycles. The van der Waals surface area contributed by atoms with Gasteiger partial charge in [0, 0.05) is 6.42 Å². The highest BCUT2D eigenvalue weighted by Crippen LogP contribution is 2.13. The van der Waals surface area contributed by atoms with Crippen molar-refractivity contribution in [1.82, 2.24) is 4.98 Å². The molecule has 1 aromatic carbocycles. The lowest BCUT2D eigenvalue weighted by atomic mass is 10.0. The number of nitrogens with zero attached hydrogens (tertiary/aromatic N) is 1. The van der Waals surface area contributed by atoms with Gasteiger partial charge in [-0.2, -0.15) is 4.98 Å². The number of aromatic nitrogens is 1. The van der Waals surface area contributed by atoms with Crippen molar-refractivity contribution in [2.45, 2.75) is 38.5 Å². The van der Waals surface area contributed by atoms with Gasteiger partial charge < -0.3 is 4.42 Å². The Bertz CT molecular complexity index is 536. The van der Waals surface area contributed by atoms with E-state index in [-0.39, 0.29) is 11.7 Å². The third-order valence-corrected chi connectivity index (χ3v) is 3.54. The largest absolute Gasteiger partial charge is 0.441 e. The maximum Gasteiger partial charge on any atom is 0.264 e. The molecule has 1 heterocycles. The molecule has 0 N–H and O–H groups in total. The number of unbranched alkanes of at least 4 members (excludes halogenated alkanes) is 3. The molecule has 0 atom stereocenters. The topological polar surface area (TPSA) is 43.1 Å². The summed E-state index contributed by atoms with van der Waals surface area (Å²) in [7, 11) is 0. The summed E-state index contributed by atoms with van der Waals surface area (Å²) in [5.74, 6) is 0.194. The lowest BCUT2D eigenvalue weighted by Crippen LogP contribution is -1.99. The fraction of sp³-hybridized carbons (Fsp3) is 0.375. The van der Waals surface area contributed by atoms with Gasteiger partial charge in [-0.15, -0.1) is 0 Å². The van der Waals surface area contributed by atoms with Gasteiger partial charge in [0.25, 0.3) is 5.89 Å². The first-order valence-electron chi connectivity index (χ1n) is 6.94. The highest BCUT2D eigenvalue weighted by atomic mass is 79.9. The fourth-order valence-corrected chi connectivity index (χ4v) is 2.36. The monoisotopic (exact) mass is 335 g/mol. The van der Waals surface area contributed by atoms with Gasteiger partial charge in [0.15, 0.2) is 0 Å². The molecule has 0 bridgehead atoms. The Morgan fingerprint density at radius 3 is 2.55 bits per heavy atom. The Kier molecular flexibility index (Phi) is 5.99. The molecule has 0 amide bonds. The molecule has 20 heavy (non-hydrogen) atoms. The van der Waals surface area contributed by atoms with E-state index in [0.717, 1.165) is 25.7 Å². The Hall–Kier alpha value is -1.42. The van der Waals surface area contributed by atoms with Gasteiger partial charge in [0.2, 0.25) is 5.78 Å². The number of Topliss-reactive ketones (excluding diaryl/α,β-unsaturated/α-hetero) is 1. The van der Waals surface area contributed by atoms with Crippen LogP contribution in [0, 0.1) is 0 Å². The summed E-state index contributed by atoms with van der Waals surface area (Å²) in [5.41, 5.74) is 1.38. The smallest absolute Gasteiger partial charge is 0.264 e. The van der Waals surface area contributed by atoms with E-state index in [4.69, 9.17) is 4.42 Å². The van der Waals surface area contributed by atoms with Crippen LogP contribution < -0.4 is 0 Å². The van der Waals surface area contributed by atoms with E-state index in [1.54, 1.807) is 0 Å². The van der Waals surface area contributed by atoms with Crippen LogP contribution in [-0.2, 0) is 6.42 Å². The van der Waals surface area contributed by atoms with E-state index in [0.29, 0.717) is 11.0 Å². The van der Waals surface area contributed by atoms with Crippen molar-refractivity contribution < 1.29 is 9.21 Å². The molecule has 3 nitrogen and oxygen atoms in total. The average Bonchev–Trinajstić information content (AvgIpc) is 2.90. The third-order valence-electron chi connectivity index (χ3n) is 3.18. The second-order valence-corrected chi connectivity index (χ2v) is 5.61. The Morgan fingerprint density at radius 2 is 1.85 bits per heavy atom. The zero-order valence-electron chi connectivity index (χ0n) is 11.3. The summed E-state index contributed by atoms with van der Waals surface area (Å²) in [6, 6.07) is 10.5. The van der Waals surface area contributed by atoms with Crippen LogP contribution in [0.25, 0.3) is 0 Å². The minimum absolute atomic E-state index is 0.0150. The summed E-state index contributed by atoms with van der Waals surface area (Å²) in [6.45, 7) is 0. The molecule has 2 aromatic rings. The van der Waals surface area contributed by atoms with Crippen molar-refractivity contribution >= 4 is 21.7 Å². The number of benzene rings is 1. The standard InChI is InChI=1S/C16H18BrNO2/c17-15-12-20-16(18-15)14(19)11-7-2-1-4-8-13-9-5-3-6-10-13/h3,5-6,9-10,12H,1-2,4,7-8,11H2. The average molecular weight is 336 g/mol. The van der Waals surface area contributed by atoms with Crippen molar-refractivity contribution in [3.63, 3.8) is 0 Å². The number of carbonyl (C=O) groups is 1. The number of oxazole rings is 1. The molecule has 0 unspecified atom stereocenters. The van der Waals surface area contributed by atoms with Crippen LogP contribution in [-0.4, -0.2) is 10.8 Å². The van der Waals surface area contributed by atoms with Crippen molar-refractivity contribution in [1.29, 1.82) is 0 Å². The first kappa shape index (κ1) is 15.0. The van der Waals surface area contributed by atoms with Crippen LogP contribution in [0.4, 0.5) is 0 Å². The predicted molar refractivity (Wildman–Crippen MR) is 81.8 cm³/mol. The van der Waals surface area contributed by atoms with Crippen LogP contribution in [0.3, 0.4) is 0 Å². The van der Waals surface area contributed by atoms with Crippen LogP contribution in [0.5, 0.6) is 0 Å². The summed E-state index contributed by atoms with van der Waals surface area (Å²) >= 11 is 3.17. The quantitative estimate of drug-likeness (QED) is 0.513. The van der Waals surface area contributed by atoms with E-state index < -0.39 is 0 Å². The maximum atomic E-state index is 11.7. The van der Waals surface area contributed by atoms with Gasteiger partial charge in [-0.25, -0.2) is 0 Å². The van der Waals surface area contributed by atoms with E-state index in [1.807, 2.05) is 6.07 Å². The Balaban J connectivity index is 1.57. The minimum atomic E-state index is -0.0150. The minimum Gasteiger partial charge on any atom is -0.441 e. The van der Waals surface area contributed by atoms with Gasteiger partial charge in [-0.3, -0.25) is 4.79 Å². The summed E-state index contributed by atoms with van der Waals surface area (Å²) in [5, 5.41) is 0. The number of carbonyl (C=O) groups excluding carboxylic acids is 1. The van der Waals surface area contributed by atoms with E-state index in [1.165, 1.54) is 18.2 Å². The fourth-order valence-electron chi connectivity index (χ4n) is 2.10. The number of hydrogen-bond acceptors (Lipinski definition) is 3. The van der Waals surface area contributed by atoms with Gasteiger partial charge >= 0.3 is 0 Å². The zero-order chi connectivity index (χ0) is 14.2. The van der Waals surface area contributed by atoms with Crippen molar-refractivity contribution in [3.8, 4) is 0 Å². The molecule has 0 aliphatic carbocycles. The van der Waals surface area contributed by atoms with Gasteiger partial charge in [-0.1, -0.05) is 43.2 Å². The van der Waals surface area contributed by atoms with Crippen LogP contribution in [0.2, 0.25) is 0 Å². The summed E-state index contributed by atoms with van der Waals surface area (Å²) < 4.78 is 5.63. The lowest BCUT2D eigenvalue weighted by molar-refractivity contribution is 0.0945. The predicted octanol–water partition coefficient (Wildman–Crippen LogP) is 4.81. The number of aryl methyl sites for hydroxylation is 1. The van der Waals surface area contributed by atoms with Crippen molar-refractivity contribution in [2.24, 2.45) is 0 Å². The zero-order valence-corrected chi connectivity index (χ0v) is 12.9. The van der Waals surface area contributed by atoms with E-state index >= 15 is 0 Å². The Labute approximate surface area is 127 Å².